The number of aromatic nitrogens is 1. The van der Waals surface area contributed by atoms with E-state index >= 15 is 0 Å². The Kier molecular flexibility index (Phi) is 3.73. The first-order valence-electron chi connectivity index (χ1n) is 7.00. The third-order valence-electron chi connectivity index (χ3n) is 3.67. The predicted molar refractivity (Wildman–Crippen MR) is 83.4 cm³/mol. The van der Waals surface area contributed by atoms with E-state index in [9.17, 15) is 4.79 Å². The highest BCUT2D eigenvalue weighted by Crippen LogP contribution is 2.21. The summed E-state index contributed by atoms with van der Waals surface area (Å²) in [5.41, 5.74) is 2.93. The Morgan fingerprint density at radius 2 is 1.76 bits per heavy atom. The molecule has 0 saturated heterocycles. The zero-order valence-electron chi connectivity index (χ0n) is 12.0. The van der Waals surface area contributed by atoms with E-state index in [-0.39, 0.29) is 5.97 Å². The number of hydrogen-bond acceptors (Lipinski definition) is 2. The first-order chi connectivity index (χ1) is 10.3. The Hall–Kier alpha value is -2.55. The quantitative estimate of drug-likeness (QED) is 0.682. The maximum Gasteiger partial charge on any atom is 0.354 e. The van der Waals surface area contributed by atoms with Crippen LogP contribution in [0.4, 0.5) is 0 Å². The molecule has 0 unspecified atom stereocenters. The average Bonchev–Trinajstić information content (AvgIpc) is 2.92. The lowest BCUT2D eigenvalue weighted by Crippen LogP contribution is -2.11. The summed E-state index contributed by atoms with van der Waals surface area (Å²) in [5, 5.41) is 1.06. The van der Waals surface area contributed by atoms with Gasteiger partial charge < -0.3 is 9.30 Å². The molecule has 3 aromatic rings. The van der Waals surface area contributed by atoms with Crippen LogP contribution >= 0.6 is 0 Å². The summed E-state index contributed by atoms with van der Waals surface area (Å²) in [6.07, 6.45) is 0.878. The largest absolute Gasteiger partial charge is 0.464 e. The molecule has 3 heteroatoms. The summed E-state index contributed by atoms with van der Waals surface area (Å²) in [5.74, 6) is -0.292. The minimum Gasteiger partial charge on any atom is -0.464 e. The Bertz CT molecular complexity index is 759. The van der Waals surface area contributed by atoms with Crippen LogP contribution in [-0.2, 0) is 17.7 Å². The minimum atomic E-state index is -0.292. The normalized spacial score (nSPS) is 10.7. The summed E-state index contributed by atoms with van der Waals surface area (Å²) in [6, 6.07) is 20.2. The van der Waals surface area contributed by atoms with Gasteiger partial charge in [-0.25, -0.2) is 4.79 Å². The third kappa shape index (κ3) is 2.68. The molecule has 0 amide bonds. The maximum absolute atomic E-state index is 12.0. The highest BCUT2D eigenvalue weighted by Gasteiger charge is 2.15. The van der Waals surface area contributed by atoms with Gasteiger partial charge in [0.25, 0.3) is 0 Å². The van der Waals surface area contributed by atoms with Crippen molar-refractivity contribution in [3.05, 3.63) is 71.9 Å². The summed E-state index contributed by atoms with van der Waals surface area (Å²) < 4.78 is 6.93. The van der Waals surface area contributed by atoms with Crippen LogP contribution in [0, 0.1) is 0 Å². The van der Waals surface area contributed by atoms with Gasteiger partial charge in [-0.2, -0.15) is 0 Å². The summed E-state index contributed by atoms with van der Waals surface area (Å²) >= 11 is 0. The number of carbonyl (C=O) groups excluding carboxylic acids is 1. The van der Waals surface area contributed by atoms with Crippen molar-refractivity contribution in [3.63, 3.8) is 0 Å². The van der Waals surface area contributed by atoms with Gasteiger partial charge in [-0.05, 0) is 24.1 Å². The first kappa shape index (κ1) is 13.4. The second-order valence-electron chi connectivity index (χ2n) is 4.97. The monoisotopic (exact) mass is 279 g/mol. The number of nitrogens with zero attached hydrogens (tertiary/aromatic N) is 1. The number of rotatable bonds is 4. The van der Waals surface area contributed by atoms with Crippen LogP contribution in [0.5, 0.6) is 0 Å². The summed E-state index contributed by atoms with van der Waals surface area (Å²) in [7, 11) is 1.42. The van der Waals surface area contributed by atoms with Gasteiger partial charge in [0.1, 0.15) is 5.69 Å². The van der Waals surface area contributed by atoms with Crippen molar-refractivity contribution in [3.8, 4) is 0 Å². The zero-order valence-corrected chi connectivity index (χ0v) is 12.0. The van der Waals surface area contributed by atoms with E-state index in [1.165, 1.54) is 12.7 Å². The number of para-hydroxylation sites is 1. The number of fused-ring (bicyclic) bond motifs is 1. The molecule has 0 atom stereocenters. The molecule has 1 heterocycles. The molecule has 0 radical (unpaired) electrons. The first-order valence-corrected chi connectivity index (χ1v) is 7.00. The molecule has 3 nitrogen and oxygen atoms in total. The highest BCUT2D eigenvalue weighted by molar-refractivity contribution is 5.95. The fourth-order valence-electron chi connectivity index (χ4n) is 2.61. The summed E-state index contributed by atoms with van der Waals surface area (Å²) in [4.78, 5) is 12.0. The lowest BCUT2D eigenvalue weighted by Gasteiger charge is -2.09. The van der Waals surface area contributed by atoms with Crippen molar-refractivity contribution in [2.75, 3.05) is 7.11 Å². The predicted octanol–water partition coefficient (Wildman–Crippen LogP) is 3.67. The molecule has 1 aromatic heterocycles. The lowest BCUT2D eigenvalue weighted by atomic mass is 10.1. The molecule has 2 aromatic carbocycles. The molecule has 0 spiro atoms. The standard InChI is InChI=1S/C18H17NO2/c1-21-18(20)17-13-15-9-5-6-10-16(15)19(17)12-11-14-7-3-2-4-8-14/h2-10,13H,11-12H2,1H3. The van der Waals surface area contributed by atoms with Crippen LogP contribution in [0.2, 0.25) is 0 Å². The molecule has 21 heavy (non-hydrogen) atoms. The molecule has 106 valence electrons. The van der Waals surface area contributed by atoms with E-state index in [1.807, 2.05) is 53.1 Å². The second-order valence-corrected chi connectivity index (χ2v) is 4.97. The highest BCUT2D eigenvalue weighted by atomic mass is 16.5. The minimum absolute atomic E-state index is 0.292. The molecule has 0 aliphatic rings. The van der Waals surface area contributed by atoms with Gasteiger partial charge in [0.05, 0.1) is 7.11 Å². The van der Waals surface area contributed by atoms with E-state index in [4.69, 9.17) is 4.74 Å². The van der Waals surface area contributed by atoms with Crippen LogP contribution in [0.15, 0.2) is 60.7 Å². The van der Waals surface area contributed by atoms with Gasteiger partial charge in [-0.15, -0.1) is 0 Å². The summed E-state index contributed by atoms with van der Waals surface area (Å²) in [6.45, 7) is 0.752. The number of carbonyl (C=O) groups is 1. The van der Waals surface area contributed by atoms with Gasteiger partial charge in [0.15, 0.2) is 0 Å². The van der Waals surface area contributed by atoms with Crippen LogP contribution in [-0.4, -0.2) is 17.6 Å². The van der Waals surface area contributed by atoms with Gasteiger partial charge >= 0.3 is 5.97 Å². The van der Waals surface area contributed by atoms with E-state index in [0.717, 1.165) is 23.9 Å². The van der Waals surface area contributed by atoms with E-state index < -0.39 is 0 Å². The van der Waals surface area contributed by atoms with Gasteiger partial charge in [0, 0.05) is 17.4 Å². The SMILES string of the molecule is COC(=O)c1cc2ccccc2n1CCc1ccccc1. The molecular formula is C18H17NO2. The molecule has 0 bridgehead atoms. The van der Waals surface area contributed by atoms with Gasteiger partial charge in [-0.3, -0.25) is 0 Å². The molecule has 0 aliphatic heterocycles. The number of ether oxygens (including phenoxy) is 1. The van der Waals surface area contributed by atoms with Crippen LogP contribution in [0.3, 0.4) is 0 Å². The molecular weight excluding hydrogens is 262 g/mol. The molecule has 0 fully saturated rings. The van der Waals surface area contributed by atoms with E-state index in [2.05, 4.69) is 12.1 Å². The topological polar surface area (TPSA) is 31.2 Å². The van der Waals surface area contributed by atoms with Crippen molar-refractivity contribution in [1.29, 1.82) is 0 Å². The fraction of sp³-hybridized carbons (Fsp3) is 0.167. The Morgan fingerprint density at radius 3 is 2.52 bits per heavy atom. The van der Waals surface area contributed by atoms with Crippen LogP contribution in [0.1, 0.15) is 16.1 Å². The van der Waals surface area contributed by atoms with Gasteiger partial charge in [0.2, 0.25) is 0 Å². The van der Waals surface area contributed by atoms with E-state index in [0.29, 0.717) is 5.69 Å². The second kappa shape index (κ2) is 5.83. The van der Waals surface area contributed by atoms with Crippen molar-refractivity contribution < 1.29 is 9.53 Å². The van der Waals surface area contributed by atoms with E-state index in [1.54, 1.807) is 0 Å². The fourth-order valence-corrected chi connectivity index (χ4v) is 2.61. The zero-order chi connectivity index (χ0) is 14.7. The van der Waals surface area contributed by atoms with Gasteiger partial charge in [-0.1, -0.05) is 48.5 Å². The third-order valence-corrected chi connectivity index (χ3v) is 3.67. The Balaban J connectivity index is 1.97. The molecule has 0 saturated carbocycles. The van der Waals surface area contributed by atoms with Crippen molar-refractivity contribution >= 4 is 16.9 Å². The average molecular weight is 279 g/mol. The smallest absolute Gasteiger partial charge is 0.354 e. The lowest BCUT2D eigenvalue weighted by molar-refractivity contribution is 0.0589. The number of esters is 1. The number of methoxy groups -OCH3 is 1. The number of benzene rings is 2. The Labute approximate surface area is 123 Å². The molecule has 0 aliphatic carbocycles. The number of hydrogen-bond donors (Lipinski definition) is 0. The molecule has 0 N–H and O–H groups in total. The number of aryl methyl sites for hydroxylation is 2. The van der Waals surface area contributed by atoms with Crippen LogP contribution in [0.25, 0.3) is 10.9 Å². The molecule has 3 rings (SSSR count). The van der Waals surface area contributed by atoms with Crippen molar-refractivity contribution in [2.24, 2.45) is 0 Å². The van der Waals surface area contributed by atoms with Crippen molar-refractivity contribution in [2.45, 2.75) is 13.0 Å². The van der Waals surface area contributed by atoms with Crippen molar-refractivity contribution in [1.82, 2.24) is 4.57 Å². The Morgan fingerprint density at radius 1 is 1.05 bits per heavy atom. The maximum atomic E-state index is 12.0. The van der Waals surface area contributed by atoms with Crippen LogP contribution < -0.4 is 0 Å².